The van der Waals surface area contributed by atoms with Gasteiger partial charge in [0.1, 0.15) is 11.6 Å². The first-order valence-electron chi connectivity index (χ1n) is 9.44. The van der Waals surface area contributed by atoms with Crippen LogP contribution in [0.2, 0.25) is 0 Å². The quantitative estimate of drug-likeness (QED) is 0.517. The van der Waals surface area contributed by atoms with Crippen molar-refractivity contribution < 1.29 is 27.5 Å². The molecule has 30 heavy (non-hydrogen) atoms. The Labute approximate surface area is 175 Å². The van der Waals surface area contributed by atoms with Crippen LogP contribution in [0.1, 0.15) is 25.8 Å². The molecule has 0 aromatic heterocycles. The maximum atomic E-state index is 13.2. The Morgan fingerprint density at radius 3 is 2.57 bits per heavy atom. The van der Waals surface area contributed by atoms with Crippen LogP contribution < -0.4 is 9.47 Å². The number of nitrogens with zero attached hydrogens (tertiary/aromatic N) is 2. The lowest BCUT2D eigenvalue weighted by atomic mass is 9.92. The highest BCUT2D eigenvalue weighted by Gasteiger charge is 2.43. The summed E-state index contributed by atoms with van der Waals surface area (Å²) < 4.78 is 34.6. The van der Waals surface area contributed by atoms with E-state index in [1.807, 2.05) is 13.0 Å². The van der Waals surface area contributed by atoms with Gasteiger partial charge in [-0.1, -0.05) is 6.07 Å². The molecule has 1 aromatic carbocycles. The molecule has 0 aliphatic carbocycles. The minimum atomic E-state index is -3.32. The van der Waals surface area contributed by atoms with Crippen molar-refractivity contribution in [1.29, 1.82) is 5.26 Å². The molecule has 3 rings (SSSR count). The number of amides is 2. The van der Waals surface area contributed by atoms with E-state index < -0.39 is 27.7 Å². The molecule has 2 heterocycles. The van der Waals surface area contributed by atoms with Gasteiger partial charge < -0.3 is 9.47 Å². The Morgan fingerprint density at radius 1 is 1.27 bits per heavy atom. The van der Waals surface area contributed by atoms with Crippen molar-refractivity contribution in [2.24, 2.45) is 0 Å². The van der Waals surface area contributed by atoms with Crippen LogP contribution >= 0.6 is 0 Å². The average Bonchev–Trinajstić information content (AvgIpc) is 3.06. The van der Waals surface area contributed by atoms with Gasteiger partial charge in [-0.25, -0.2) is 8.42 Å². The molecule has 0 saturated carbocycles. The van der Waals surface area contributed by atoms with Crippen LogP contribution in [0.15, 0.2) is 34.9 Å². The third-order valence-corrected chi connectivity index (χ3v) is 6.90. The number of rotatable bonds is 5. The lowest BCUT2D eigenvalue weighted by molar-refractivity contribution is -0.142. The summed E-state index contributed by atoms with van der Waals surface area (Å²) in [4.78, 5) is 26.9. The lowest BCUT2D eigenvalue weighted by Crippen LogP contribution is -2.49. The van der Waals surface area contributed by atoms with Crippen LogP contribution in [0.25, 0.3) is 6.08 Å². The zero-order valence-corrected chi connectivity index (χ0v) is 17.8. The zero-order valence-electron chi connectivity index (χ0n) is 17.0. The molecule has 158 valence electrons. The number of ether oxygens (including phenoxy) is 2. The van der Waals surface area contributed by atoms with Crippen LogP contribution in [0.5, 0.6) is 11.5 Å². The molecule has 1 fully saturated rings. The van der Waals surface area contributed by atoms with E-state index in [4.69, 9.17) is 9.47 Å². The molecule has 2 aliphatic rings. The van der Waals surface area contributed by atoms with Crippen molar-refractivity contribution >= 4 is 27.7 Å². The SMILES string of the molecule is CCOc1ccc(/C=C2/C(=O)N([C@@H]3CCS(=O)(=O)C3)C(=O)C(C#N)=C2C)cc1OC. The van der Waals surface area contributed by atoms with Gasteiger partial charge in [0.05, 0.1) is 31.3 Å². The Kier molecular flexibility index (Phi) is 5.99. The first-order valence-corrected chi connectivity index (χ1v) is 11.3. The average molecular weight is 430 g/mol. The molecular weight excluding hydrogens is 408 g/mol. The van der Waals surface area contributed by atoms with E-state index in [1.165, 1.54) is 14.0 Å². The lowest BCUT2D eigenvalue weighted by Gasteiger charge is -2.31. The smallest absolute Gasteiger partial charge is 0.271 e. The second kappa shape index (κ2) is 8.32. The maximum absolute atomic E-state index is 13.2. The molecule has 1 atom stereocenters. The van der Waals surface area contributed by atoms with Crippen molar-refractivity contribution in [3.8, 4) is 17.6 Å². The van der Waals surface area contributed by atoms with Crippen LogP contribution in [-0.2, 0) is 19.4 Å². The van der Waals surface area contributed by atoms with Gasteiger partial charge in [-0.15, -0.1) is 0 Å². The number of benzene rings is 1. The van der Waals surface area contributed by atoms with Gasteiger partial charge >= 0.3 is 0 Å². The van der Waals surface area contributed by atoms with E-state index in [-0.39, 0.29) is 34.6 Å². The van der Waals surface area contributed by atoms with Gasteiger partial charge in [0, 0.05) is 5.57 Å². The summed E-state index contributed by atoms with van der Waals surface area (Å²) in [7, 11) is -1.82. The van der Waals surface area contributed by atoms with Crippen molar-refractivity contribution in [3.05, 3.63) is 40.5 Å². The first-order chi connectivity index (χ1) is 14.2. The van der Waals surface area contributed by atoms with E-state index in [9.17, 15) is 23.3 Å². The van der Waals surface area contributed by atoms with Crippen molar-refractivity contribution in [2.75, 3.05) is 25.2 Å². The summed E-state index contributed by atoms with van der Waals surface area (Å²) in [5.41, 5.74) is 0.880. The van der Waals surface area contributed by atoms with Gasteiger partial charge in [-0.3, -0.25) is 14.5 Å². The fourth-order valence-corrected chi connectivity index (χ4v) is 5.33. The van der Waals surface area contributed by atoms with Crippen LogP contribution in [-0.4, -0.2) is 56.4 Å². The molecule has 0 N–H and O–H groups in total. The maximum Gasteiger partial charge on any atom is 0.271 e. The second-order valence-corrected chi connectivity index (χ2v) is 9.28. The highest BCUT2D eigenvalue weighted by atomic mass is 32.2. The number of sulfone groups is 1. The van der Waals surface area contributed by atoms with Crippen molar-refractivity contribution in [1.82, 2.24) is 4.90 Å². The summed E-state index contributed by atoms with van der Waals surface area (Å²) in [5.74, 6) is -0.697. The van der Waals surface area contributed by atoms with Gasteiger partial charge in [0.15, 0.2) is 21.3 Å². The Bertz CT molecular complexity index is 1110. The molecule has 1 saturated heterocycles. The molecule has 1 aromatic rings. The number of carbonyl (C=O) groups is 2. The van der Waals surface area contributed by atoms with E-state index in [0.717, 1.165) is 4.90 Å². The zero-order chi connectivity index (χ0) is 22.1. The third kappa shape index (κ3) is 3.96. The summed E-state index contributed by atoms with van der Waals surface area (Å²) in [5, 5.41) is 9.49. The molecule has 0 unspecified atom stereocenters. The highest BCUT2D eigenvalue weighted by molar-refractivity contribution is 7.91. The topological polar surface area (TPSA) is 114 Å². The fourth-order valence-electron chi connectivity index (χ4n) is 3.63. The summed E-state index contributed by atoms with van der Waals surface area (Å²) in [6.07, 6.45) is 1.73. The monoisotopic (exact) mass is 430 g/mol. The molecule has 0 bridgehead atoms. The standard InChI is InChI=1S/C21H22N2O6S/c1-4-29-18-6-5-14(10-19(18)28-3)9-16-13(2)17(11-22)21(25)23(20(16)24)15-7-8-30(26,27)12-15/h5-6,9-10,15H,4,7-8,12H2,1-3H3/b16-9+/t15-/m1/s1. The van der Waals surface area contributed by atoms with E-state index in [0.29, 0.717) is 23.7 Å². The second-order valence-electron chi connectivity index (χ2n) is 7.05. The number of nitriles is 1. The normalized spacial score (nSPS) is 22.4. The minimum Gasteiger partial charge on any atom is -0.493 e. The number of hydrogen-bond donors (Lipinski definition) is 0. The van der Waals surface area contributed by atoms with E-state index >= 15 is 0 Å². The molecule has 2 amide bonds. The summed E-state index contributed by atoms with van der Waals surface area (Å²) >= 11 is 0. The van der Waals surface area contributed by atoms with Crippen molar-refractivity contribution in [3.63, 3.8) is 0 Å². The van der Waals surface area contributed by atoms with Crippen LogP contribution in [0.3, 0.4) is 0 Å². The molecule has 2 aliphatic heterocycles. The van der Waals surface area contributed by atoms with E-state index in [1.54, 1.807) is 24.3 Å². The number of methoxy groups -OCH3 is 1. The van der Waals surface area contributed by atoms with Crippen molar-refractivity contribution in [2.45, 2.75) is 26.3 Å². The minimum absolute atomic E-state index is 0.0888. The molecular formula is C21H22N2O6S. The predicted molar refractivity (Wildman–Crippen MR) is 109 cm³/mol. The molecule has 8 nitrogen and oxygen atoms in total. The Balaban J connectivity index is 2.07. The van der Waals surface area contributed by atoms with Gasteiger partial charge in [0.2, 0.25) is 0 Å². The summed E-state index contributed by atoms with van der Waals surface area (Å²) in [6.45, 7) is 3.85. The summed E-state index contributed by atoms with van der Waals surface area (Å²) in [6, 6.07) is 6.21. The van der Waals surface area contributed by atoms with Crippen LogP contribution in [0, 0.1) is 11.3 Å². The molecule has 9 heteroatoms. The van der Waals surface area contributed by atoms with Gasteiger partial charge in [-0.2, -0.15) is 5.26 Å². The van der Waals surface area contributed by atoms with Crippen LogP contribution in [0.4, 0.5) is 0 Å². The van der Waals surface area contributed by atoms with E-state index in [2.05, 4.69) is 0 Å². The van der Waals surface area contributed by atoms with Gasteiger partial charge in [0.25, 0.3) is 11.8 Å². The van der Waals surface area contributed by atoms with Gasteiger partial charge in [-0.05, 0) is 49.6 Å². The number of carbonyl (C=O) groups excluding carboxylic acids is 2. The number of hydrogen-bond acceptors (Lipinski definition) is 7. The predicted octanol–water partition coefficient (Wildman–Crippen LogP) is 1.87. The number of imide groups is 1. The fraction of sp³-hybridized carbons (Fsp3) is 0.381. The molecule has 0 radical (unpaired) electrons. The highest BCUT2D eigenvalue weighted by Crippen LogP contribution is 2.33. The largest absolute Gasteiger partial charge is 0.493 e. The Morgan fingerprint density at radius 2 is 2.00 bits per heavy atom. The Hall–Kier alpha value is -3.12. The third-order valence-electron chi connectivity index (χ3n) is 5.14. The first kappa shape index (κ1) is 21.6. The molecule has 0 spiro atoms.